The molecule has 2 aliphatic heterocycles. The van der Waals surface area contributed by atoms with E-state index in [-0.39, 0.29) is 16.2 Å². The molecule has 8 heteroatoms. The highest BCUT2D eigenvalue weighted by Gasteiger charge is 2.32. The van der Waals surface area contributed by atoms with Crippen LogP contribution >= 0.6 is 0 Å². The van der Waals surface area contributed by atoms with Gasteiger partial charge in [0, 0.05) is 30.7 Å². The molecule has 1 aromatic rings. The Morgan fingerprint density at radius 3 is 2.78 bits per heavy atom. The molecule has 0 aliphatic carbocycles. The van der Waals surface area contributed by atoms with E-state index in [0.29, 0.717) is 30.3 Å². The molecule has 0 saturated carbocycles. The summed E-state index contributed by atoms with van der Waals surface area (Å²) >= 11 is 0. The van der Waals surface area contributed by atoms with Crippen molar-refractivity contribution in [2.45, 2.75) is 20.3 Å². The first-order valence-electron chi connectivity index (χ1n) is 8.06. The summed E-state index contributed by atoms with van der Waals surface area (Å²) in [4.78, 5) is 6.51. The highest BCUT2D eigenvalue weighted by Crippen LogP contribution is 2.31. The molecule has 0 saturated heterocycles. The second-order valence-electron chi connectivity index (χ2n) is 5.64. The Morgan fingerprint density at radius 2 is 2.04 bits per heavy atom. The number of hydrogen-bond acceptors (Lipinski definition) is 5. The van der Waals surface area contributed by atoms with Crippen molar-refractivity contribution in [2.75, 3.05) is 32.8 Å². The fourth-order valence-corrected chi connectivity index (χ4v) is 2.91. The molecule has 1 aromatic carbocycles. The minimum atomic E-state index is -0.268. The zero-order valence-electron chi connectivity index (χ0n) is 13.5. The molecule has 2 heterocycles. The number of hydrogen-bond donors (Lipinski definition) is 3. The maximum atomic E-state index is 12.6. The molecule has 23 heavy (non-hydrogen) atoms. The van der Waals surface area contributed by atoms with Gasteiger partial charge in [-0.05, 0) is 13.1 Å². The third-order valence-electron chi connectivity index (χ3n) is 4.35. The number of hydroxylamine groups is 1. The Bertz CT molecular complexity index is 603. The van der Waals surface area contributed by atoms with E-state index in [4.69, 9.17) is 4.74 Å². The molecular formula is C15H23N5O3. The van der Waals surface area contributed by atoms with Crippen LogP contribution in [0.25, 0.3) is 0 Å². The fraction of sp³-hybridized carbons (Fsp3) is 0.533. The molecule has 2 unspecified atom stereocenters. The summed E-state index contributed by atoms with van der Waals surface area (Å²) in [5.41, 5.74) is 4.41. The van der Waals surface area contributed by atoms with Crippen molar-refractivity contribution in [1.82, 2.24) is 10.3 Å². The van der Waals surface area contributed by atoms with Crippen molar-refractivity contribution in [2.24, 2.45) is 4.99 Å². The Morgan fingerprint density at radius 1 is 1.26 bits per heavy atom. The van der Waals surface area contributed by atoms with Gasteiger partial charge < -0.3 is 20.1 Å². The lowest BCUT2D eigenvalue weighted by Crippen LogP contribution is -3.23. The molecule has 0 aromatic heterocycles. The average molecular weight is 321 g/mol. The molecule has 8 nitrogen and oxygen atoms in total. The first kappa shape index (κ1) is 16.2. The van der Waals surface area contributed by atoms with Crippen molar-refractivity contribution >= 4 is 17.3 Å². The molecule has 3 rings (SSSR count). The van der Waals surface area contributed by atoms with Gasteiger partial charge in [-0.15, -0.1) is 0 Å². The summed E-state index contributed by atoms with van der Waals surface area (Å²) in [6, 6.07) is 3.44. The van der Waals surface area contributed by atoms with Crippen molar-refractivity contribution < 1.29 is 15.0 Å². The summed E-state index contributed by atoms with van der Waals surface area (Å²) in [7, 11) is 0. The largest absolute Gasteiger partial charge is 0.621 e. The minimum Gasteiger partial charge on any atom is -0.621 e. The number of nitrogens with zero attached hydrogens (tertiary/aromatic N) is 2. The predicted molar refractivity (Wildman–Crippen MR) is 86.8 cm³/mol. The number of likely N-dealkylation sites (N-methyl/N-ethyl adjacent to an activating group) is 1. The number of benzene rings is 1. The predicted octanol–water partition coefficient (Wildman–Crippen LogP) is -1.13. The van der Waals surface area contributed by atoms with Gasteiger partial charge in [-0.25, -0.2) is 10.2 Å². The minimum absolute atomic E-state index is 0.132. The molecule has 0 spiro atoms. The first-order valence-corrected chi connectivity index (χ1v) is 8.06. The number of fused-ring (bicyclic) bond motifs is 2. The van der Waals surface area contributed by atoms with Crippen LogP contribution in [-0.2, 0) is 6.42 Å². The van der Waals surface area contributed by atoms with Crippen molar-refractivity contribution in [3.63, 3.8) is 0 Å². The first-order chi connectivity index (χ1) is 11.1. The number of quaternary nitrogens is 2. The van der Waals surface area contributed by atoms with E-state index in [1.165, 1.54) is 0 Å². The molecule has 0 radical (unpaired) electrons. The van der Waals surface area contributed by atoms with E-state index in [9.17, 15) is 10.4 Å². The molecule has 2 aliphatic rings. The van der Waals surface area contributed by atoms with Crippen LogP contribution in [0, 0.1) is 10.4 Å². The lowest BCUT2D eigenvalue weighted by atomic mass is 10.1. The van der Waals surface area contributed by atoms with Gasteiger partial charge in [0.15, 0.2) is 0 Å². The number of rotatable bonds is 5. The summed E-state index contributed by atoms with van der Waals surface area (Å²) in [6.07, 6.45) is 0.773. The SMILES string of the molecule is CCN(CC)CCN=C1N[NH+]([O-])c2cc3c(cc2[NH+]1[O-])OCC3. The summed E-state index contributed by atoms with van der Waals surface area (Å²) in [5, 5.41) is 24.3. The van der Waals surface area contributed by atoms with Gasteiger partial charge in [0.05, 0.1) is 13.2 Å². The van der Waals surface area contributed by atoms with Gasteiger partial charge in [-0.1, -0.05) is 13.8 Å². The molecule has 126 valence electrons. The highest BCUT2D eigenvalue weighted by atomic mass is 16.6. The molecule has 2 atom stereocenters. The maximum absolute atomic E-state index is 12.6. The number of nitrogens with one attached hydrogen (secondary N) is 3. The standard InChI is InChI=1S/C15H23N5O3/c1-3-18(4-2)7-6-16-15-17-20(22)13-9-11-5-8-23-14(11)10-12(13)19(15)21/h9-10,19-20H,3-8H2,1-2H3,(H,16,17). The van der Waals surface area contributed by atoms with E-state index in [1.807, 2.05) is 0 Å². The molecule has 3 N–H and O–H groups in total. The Balaban J connectivity index is 1.79. The van der Waals surface area contributed by atoms with Crippen molar-refractivity contribution in [3.8, 4) is 5.75 Å². The van der Waals surface area contributed by atoms with Gasteiger partial charge in [-0.3, -0.25) is 5.06 Å². The van der Waals surface area contributed by atoms with E-state index < -0.39 is 0 Å². The number of guanidine groups is 1. The van der Waals surface area contributed by atoms with Crippen LogP contribution in [0.2, 0.25) is 0 Å². The average Bonchev–Trinajstić information content (AvgIpc) is 3.02. The topological polar surface area (TPSA) is 91.9 Å². The van der Waals surface area contributed by atoms with Crippen LogP contribution in [0.4, 0.5) is 11.4 Å². The molecule has 0 bridgehead atoms. The second-order valence-corrected chi connectivity index (χ2v) is 5.64. The lowest BCUT2D eigenvalue weighted by Gasteiger charge is -2.34. The molecule has 0 fully saturated rings. The van der Waals surface area contributed by atoms with E-state index in [2.05, 4.69) is 29.2 Å². The monoisotopic (exact) mass is 321 g/mol. The third-order valence-corrected chi connectivity index (χ3v) is 4.35. The van der Waals surface area contributed by atoms with E-state index in [1.54, 1.807) is 12.1 Å². The van der Waals surface area contributed by atoms with Crippen molar-refractivity contribution in [1.29, 1.82) is 0 Å². The van der Waals surface area contributed by atoms with Gasteiger partial charge >= 0.3 is 5.96 Å². The van der Waals surface area contributed by atoms with Gasteiger partial charge in [0.25, 0.3) is 0 Å². The molecule has 0 amide bonds. The van der Waals surface area contributed by atoms with E-state index in [0.717, 1.165) is 31.6 Å². The number of aliphatic imine (C=N–C) groups is 1. The smallest absolute Gasteiger partial charge is 0.347 e. The normalized spacial score (nSPS) is 24.3. The van der Waals surface area contributed by atoms with Gasteiger partial charge in [-0.2, -0.15) is 5.43 Å². The lowest BCUT2D eigenvalue weighted by molar-refractivity contribution is -0.851. The van der Waals surface area contributed by atoms with Crippen LogP contribution in [0.3, 0.4) is 0 Å². The summed E-state index contributed by atoms with van der Waals surface area (Å²) in [6.45, 7) is 7.89. The van der Waals surface area contributed by atoms with Gasteiger partial charge in [0.2, 0.25) is 11.4 Å². The quantitative estimate of drug-likeness (QED) is 0.597. The zero-order valence-corrected chi connectivity index (χ0v) is 13.5. The van der Waals surface area contributed by atoms with Crippen LogP contribution in [-0.4, -0.2) is 43.6 Å². The number of ether oxygens (including phenoxy) is 1. The van der Waals surface area contributed by atoms with Gasteiger partial charge in [0.1, 0.15) is 5.75 Å². The fourth-order valence-electron chi connectivity index (χ4n) is 2.91. The third kappa shape index (κ3) is 3.17. The highest BCUT2D eigenvalue weighted by molar-refractivity contribution is 5.77. The molecular weight excluding hydrogens is 298 g/mol. The van der Waals surface area contributed by atoms with Crippen LogP contribution < -0.4 is 20.4 Å². The van der Waals surface area contributed by atoms with Crippen LogP contribution in [0.15, 0.2) is 17.1 Å². The summed E-state index contributed by atoms with van der Waals surface area (Å²) in [5.74, 6) is 0.835. The van der Waals surface area contributed by atoms with E-state index >= 15 is 0 Å². The van der Waals surface area contributed by atoms with Crippen molar-refractivity contribution in [3.05, 3.63) is 28.1 Å². The Kier molecular flexibility index (Phi) is 4.79. The summed E-state index contributed by atoms with van der Waals surface area (Å²) < 4.78 is 5.49. The Labute approximate surface area is 135 Å². The maximum Gasteiger partial charge on any atom is 0.347 e. The Hall–Kier alpha value is -1.71. The van der Waals surface area contributed by atoms with Crippen LogP contribution in [0.5, 0.6) is 5.75 Å². The second kappa shape index (κ2) is 6.81. The zero-order chi connectivity index (χ0) is 16.4. The van der Waals surface area contributed by atoms with Crippen LogP contribution in [0.1, 0.15) is 19.4 Å².